The second-order valence-electron chi connectivity index (χ2n) is 10.5. The van der Waals surface area contributed by atoms with E-state index in [1.807, 2.05) is 13.8 Å². The Balaban J connectivity index is 1.73. The number of fused-ring (bicyclic) bond motifs is 1. The van der Waals surface area contributed by atoms with E-state index in [1.165, 1.54) is 0 Å². The van der Waals surface area contributed by atoms with Crippen molar-refractivity contribution in [2.45, 2.75) is 77.2 Å². The first-order chi connectivity index (χ1) is 14.2. The summed E-state index contributed by atoms with van der Waals surface area (Å²) in [5.74, 6) is -1.62. The SMILES string of the molecule is CC1(C)COCCC[C@H]2CNCC[C@H]2CC(=O)N(CC2CCC(F)(F)CC2)C[C@@H]1O. The van der Waals surface area contributed by atoms with Crippen molar-refractivity contribution in [2.75, 3.05) is 39.4 Å². The lowest BCUT2D eigenvalue weighted by molar-refractivity contribution is -0.137. The zero-order chi connectivity index (χ0) is 21.8. The summed E-state index contributed by atoms with van der Waals surface area (Å²) in [6.45, 7) is 7.62. The summed E-state index contributed by atoms with van der Waals surface area (Å²) < 4.78 is 33.0. The van der Waals surface area contributed by atoms with Gasteiger partial charge in [0, 0.05) is 44.4 Å². The first kappa shape index (κ1) is 23.9. The Kier molecular flexibility index (Phi) is 8.13. The number of aliphatic hydroxyl groups excluding tert-OH is 1. The van der Waals surface area contributed by atoms with Crippen molar-refractivity contribution in [2.24, 2.45) is 23.2 Å². The van der Waals surface area contributed by atoms with E-state index in [0.29, 0.717) is 50.9 Å². The molecular weight excluding hydrogens is 390 g/mol. The molecule has 2 N–H and O–H groups in total. The van der Waals surface area contributed by atoms with Gasteiger partial charge in [0.2, 0.25) is 11.8 Å². The molecule has 7 heteroatoms. The summed E-state index contributed by atoms with van der Waals surface area (Å²) in [4.78, 5) is 15.1. The van der Waals surface area contributed by atoms with Crippen LogP contribution in [0, 0.1) is 23.2 Å². The van der Waals surface area contributed by atoms with Gasteiger partial charge in [-0.05, 0) is 62.9 Å². The Hall–Kier alpha value is -0.790. The molecule has 5 nitrogen and oxygen atoms in total. The summed E-state index contributed by atoms with van der Waals surface area (Å²) in [7, 11) is 0. The number of carbonyl (C=O) groups excluding carboxylic acids is 1. The Morgan fingerprint density at radius 3 is 2.63 bits per heavy atom. The van der Waals surface area contributed by atoms with Crippen molar-refractivity contribution in [3.63, 3.8) is 0 Å². The smallest absolute Gasteiger partial charge is 0.248 e. The van der Waals surface area contributed by atoms with Gasteiger partial charge in [-0.25, -0.2) is 8.78 Å². The molecule has 1 aliphatic carbocycles. The third-order valence-corrected chi connectivity index (χ3v) is 7.50. The Morgan fingerprint density at radius 2 is 1.90 bits per heavy atom. The summed E-state index contributed by atoms with van der Waals surface area (Å²) in [6, 6.07) is 0. The van der Waals surface area contributed by atoms with Crippen LogP contribution in [-0.4, -0.2) is 67.3 Å². The van der Waals surface area contributed by atoms with Crippen LogP contribution in [0.1, 0.15) is 65.2 Å². The molecule has 0 unspecified atom stereocenters. The highest BCUT2D eigenvalue weighted by molar-refractivity contribution is 5.76. The van der Waals surface area contributed by atoms with Crippen LogP contribution in [0.5, 0.6) is 0 Å². The van der Waals surface area contributed by atoms with Crippen LogP contribution in [0.4, 0.5) is 8.78 Å². The first-order valence-corrected chi connectivity index (χ1v) is 11.8. The molecule has 174 valence electrons. The van der Waals surface area contributed by atoms with E-state index in [4.69, 9.17) is 4.74 Å². The standard InChI is InChI=1S/C23H40F2N2O3/c1-22(2)16-30-11-3-4-19-13-26-10-7-18(19)12-21(29)27(15-20(22)28)14-17-5-8-23(24,25)9-6-17/h17-20,26,28H,3-16H2,1-2H3/t18-,19-,20-/m0/s1. The highest BCUT2D eigenvalue weighted by atomic mass is 19.3. The fraction of sp³-hybridized carbons (Fsp3) is 0.957. The predicted molar refractivity (Wildman–Crippen MR) is 112 cm³/mol. The van der Waals surface area contributed by atoms with Gasteiger partial charge in [-0.3, -0.25) is 4.79 Å². The molecule has 0 aromatic rings. The van der Waals surface area contributed by atoms with Crippen molar-refractivity contribution in [3.05, 3.63) is 0 Å². The number of aliphatic hydroxyl groups is 1. The van der Waals surface area contributed by atoms with Gasteiger partial charge in [-0.15, -0.1) is 0 Å². The quantitative estimate of drug-likeness (QED) is 0.704. The van der Waals surface area contributed by atoms with E-state index in [9.17, 15) is 18.7 Å². The summed E-state index contributed by atoms with van der Waals surface area (Å²) in [5.41, 5.74) is -0.472. The number of hydrogen-bond donors (Lipinski definition) is 2. The Morgan fingerprint density at radius 1 is 1.17 bits per heavy atom. The van der Waals surface area contributed by atoms with E-state index in [-0.39, 0.29) is 31.2 Å². The zero-order valence-corrected chi connectivity index (χ0v) is 18.7. The maximum atomic E-state index is 13.6. The van der Waals surface area contributed by atoms with Gasteiger partial charge in [0.25, 0.3) is 0 Å². The molecule has 2 saturated heterocycles. The number of ether oxygens (including phenoxy) is 1. The van der Waals surface area contributed by atoms with Crippen LogP contribution in [0.15, 0.2) is 0 Å². The van der Waals surface area contributed by atoms with Crippen molar-refractivity contribution < 1.29 is 23.4 Å². The average molecular weight is 431 g/mol. The van der Waals surface area contributed by atoms with Crippen LogP contribution < -0.4 is 5.32 Å². The minimum Gasteiger partial charge on any atom is -0.391 e. The number of β-amino-alcohol motifs (C(OH)–C–C–N with tert-alkyl or cyclic N) is 1. The molecule has 0 bridgehead atoms. The number of nitrogens with zero attached hydrogens (tertiary/aromatic N) is 1. The third kappa shape index (κ3) is 6.60. The summed E-state index contributed by atoms with van der Waals surface area (Å²) >= 11 is 0. The van der Waals surface area contributed by atoms with Crippen LogP contribution in [0.25, 0.3) is 0 Å². The highest BCUT2D eigenvalue weighted by Gasteiger charge is 2.38. The molecular formula is C23H40F2N2O3. The molecule has 3 aliphatic rings. The summed E-state index contributed by atoms with van der Waals surface area (Å²) in [6.07, 6.45) is 3.43. The zero-order valence-electron chi connectivity index (χ0n) is 18.7. The molecule has 3 atom stereocenters. The number of nitrogens with one attached hydrogen (secondary N) is 1. The molecule has 1 saturated carbocycles. The number of hydrogen-bond acceptors (Lipinski definition) is 4. The van der Waals surface area contributed by atoms with E-state index in [1.54, 1.807) is 4.90 Å². The van der Waals surface area contributed by atoms with Gasteiger partial charge in [-0.2, -0.15) is 0 Å². The average Bonchev–Trinajstić information content (AvgIpc) is 2.69. The van der Waals surface area contributed by atoms with Crippen LogP contribution in [-0.2, 0) is 9.53 Å². The number of piperidine rings is 1. The van der Waals surface area contributed by atoms with Crippen LogP contribution >= 0.6 is 0 Å². The number of halogens is 2. The van der Waals surface area contributed by atoms with Gasteiger partial charge in [0.1, 0.15) is 0 Å². The second-order valence-corrected chi connectivity index (χ2v) is 10.5. The largest absolute Gasteiger partial charge is 0.391 e. The molecule has 2 heterocycles. The lowest BCUT2D eigenvalue weighted by atomic mass is 9.80. The van der Waals surface area contributed by atoms with Gasteiger partial charge < -0.3 is 20.1 Å². The van der Waals surface area contributed by atoms with Crippen LogP contribution in [0.2, 0.25) is 0 Å². The van der Waals surface area contributed by atoms with Gasteiger partial charge in [0.05, 0.1) is 12.7 Å². The number of alkyl halides is 2. The molecule has 0 aromatic carbocycles. The number of amides is 1. The minimum atomic E-state index is -2.57. The highest BCUT2D eigenvalue weighted by Crippen LogP contribution is 2.37. The van der Waals surface area contributed by atoms with E-state index in [0.717, 1.165) is 32.4 Å². The third-order valence-electron chi connectivity index (χ3n) is 7.50. The molecule has 1 amide bonds. The minimum absolute atomic E-state index is 0.0687. The summed E-state index contributed by atoms with van der Waals surface area (Å²) in [5, 5.41) is 14.4. The monoisotopic (exact) mass is 430 g/mol. The van der Waals surface area contributed by atoms with E-state index >= 15 is 0 Å². The Bertz CT molecular complexity index is 563. The maximum Gasteiger partial charge on any atom is 0.248 e. The van der Waals surface area contributed by atoms with Gasteiger partial charge in [-0.1, -0.05) is 13.8 Å². The number of rotatable bonds is 2. The predicted octanol–water partition coefficient (Wildman–Crippen LogP) is 3.45. The van der Waals surface area contributed by atoms with Crippen molar-refractivity contribution >= 4 is 5.91 Å². The number of carbonyl (C=O) groups is 1. The second kappa shape index (κ2) is 10.2. The van der Waals surface area contributed by atoms with E-state index < -0.39 is 17.4 Å². The van der Waals surface area contributed by atoms with Gasteiger partial charge in [0.15, 0.2) is 0 Å². The molecule has 0 aromatic heterocycles. The maximum absolute atomic E-state index is 13.6. The van der Waals surface area contributed by atoms with Gasteiger partial charge >= 0.3 is 0 Å². The molecule has 0 radical (unpaired) electrons. The van der Waals surface area contributed by atoms with Crippen molar-refractivity contribution in [3.8, 4) is 0 Å². The lowest BCUT2D eigenvalue weighted by Crippen LogP contribution is -2.48. The normalized spacial score (nSPS) is 34.4. The molecule has 30 heavy (non-hydrogen) atoms. The first-order valence-electron chi connectivity index (χ1n) is 11.8. The van der Waals surface area contributed by atoms with E-state index in [2.05, 4.69) is 5.32 Å². The molecule has 0 spiro atoms. The van der Waals surface area contributed by atoms with Crippen LogP contribution in [0.3, 0.4) is 0 Å². The Labute approximate surface area is 179 Å². The molecule has 3 fully saturated rings. The molecule has 3 rings (SSSR count). The topological polar surface area (TPSA) is 61.8 Å². The van der Waals surface area contributed by atoms with Crippen molar-refractivity contribution in [1.82, 2.24) is 10.2 Å². The fourth-order valence-electron chi connectivity index (χ4n) is 5.14. The fourth-order valence-corrected chi connectivity index (χ4v) is 5.14. The molecule has 2 aliphatic heterocycles. The lowest BCUT2D eigenvalue weighted by Gasteiger charge is -2.38. The van der Waals surface area contributed by atoms with Crippen molar-refractivity contribution in [1.29, 1.82) is 0 Å².